The van der Waals surface area contributed by atoms with Crippen LogP contribution in [0.3, 0.4) is 0 Å². The van der Waals surface area contributed by atoms with Crippen LogP contribution in [-0.2, 0) is 4.79 Å². The van der Waals surface area contributed by atoms with Gasteiger partial charge < -0.3 is 9.80 Å². The normalized spacial score (nSPS) is 24.3. The van der Waals surface area contributed by atoms with Crippen LogP contribution < -0.4 is 0 Å². The van der Waals surface area contributed by atoms with Crippen molar-refractivity contribution in [3.63, 3.8) is 0 Å². The van der Waals surface area contributed by atoms with Crippen molar-refractivity contribution in [1.29, 1.82) is 0 Å². The molecule has 1 atom stereocenters. The lowest BCUT2D eigenvalue weighted by atomic mass is 9.88. The van der Waals surface area contributed by atoms with E-state index in [-0.39, 0.29) is 11.4 Å². The van der Waals surface area contributed by atoms with Crippen LogP contribution in [0.2, 0.25) is 0 Å². The number of likely N-dealkylation sites (tertiary alicyclic amines) is 1. The van der Waals surface area contributed by atoms with Gasteiger partial charge in [-0.05, 0) is 46.8 Å². The number of amides is 1. The lowest BCUT2D eigenvalue weighted by Gasteiger charge is -2.35. The number of nitrogens with zero attached hydrogens (tertiary/aromatic N) is 3. The van der Waals surface area contributed by atoms with E-state index < -0.39 is 0 Å². The van der Waals surface area contributed by atoms with E-state index in [0.717, 1.165) is 13.1 Å². The molecular weight excluding hydrogens is 214 g/mol. The molecule has 0 bridgehead atoms. The Bertz CT molecular complexity index is 276. The standard InChI is InChI=1S/C13H27N3O/c1-13(2)11(7-8-16(13)6)9-15(5)10-12(17)14(3)4/h11H,7-10H2,1-6H3/t11-/m0/s1. The van der Waals surface area contributed by atoms with Crippen molar-refractivity contribution < 1.29 is 4.79 Å². The van der Waals surface area contributed by atoms with Gasteiger partial charge in [-0.2, -0.15) is 0 Å². The summed E-state index contributed by atoms with van der Waals surface area (Å²) >= 11 is 0. The minimum Gasteiger partial charge on any atom is -0.348 e. The van der Waals surface area contributed by atoms with E-state index in [9.17, 15) is 4.79 Å². The molecule has 0 unspecified atom stereocenters. The summed E-state index contributed by atoms with van der Waals surface area (Å²) in [6.45, 7) is 7.27. The average molecular weight is 241 g/mol. The molecule has 4 heteroatoms. The van der Waals surface area contributed by atoms with Crippen LogP contribution in [0.15, 0.2) is 0 Å². The second-order valence-corrected chi connectivity index (χ2v) is 6.05. The minimum absolute atomic E-state index is 0.177. The smallest absolute Gasteiger partial charge is 0.236 e. The van der Waals surface area contributed by atoms with Gasteiger partial charge in [0.05, 0.1) is 6.54 Å². The van der Waals surface area contributed by atoms with Crippen LogP contribution in [0.5, 0.6) is 0 Å². The highest BCUT2D eigenvalue weighted by atomic mass is 16.2. The summed E-state index contributed by atoms with van der Waals surface area (Å²) in [5, 5.41) is 0. The molecule has 4 nitrogen and oxygen atoms in total. The topological polar surface area (TPSA) is 26.8 Å². The summed E-state index contributed by atoms with van der Waals surface area (Å²) in [7, 11) is 7.84. The first-order valence-corrected chi connectivity index (χ1v) is 6.35. The van der Waals surface area contributed by atoms with Gasteiger partial charge in [0.1, 0.15) is 0 Å². The summed E-state index contributed by atoms with van der Waals surface area (Å²) in [5.74, 6) is 0.823. The second kappa shape index (κ2) is 5.36. The van der Waals surface area contributed by atoms with Crippen molar-refractivity contribution in [2.24, 2.45) is 5.92 Å². The molecule has 0 N–H and O–H groups in total. The van der Waals surface area contributed by atoms with E-state index >= 15 is 0 Å². The van der Waals surface area contributed by atoms with Gasteiger partial charge in [-0.3, -0.25) is 9.69 Å². The van der Waals surface area contributed by atoms with Crippen LogP contribution >= 0.6 is 0 Å². The molecule has 1 saturated heterocycles. The van der Waals surface area contributed by atoms with E-state index in [4.69, 9.17) is 0 Å². The Balaban J connectivity index is 2.47. The third-order valence-electron chi connectivity index (χ3n) is 4.23. The quantitative estimate of drug-likeness (QED) is 0.726. The molecule has 1 fully saturated rings. The first-order valence-electron chi connectivity index (χ1n) is 6.35. The van der Waals surface area contributed by atoms with E-state index in [2.05, 4.69) is 30.7 Å². The van der Waals surface area contributed by atoms with Gasteiger partial charge in [0.25, 0.3) is 0 Å². The Hall–Kier alpha value is -0.610. The lowest BCUT2D eigenvalue weighted by Crippen LogP contribution is -2.45. The van der Waals surface area contributed by atoms with Crippen LogP contribution in [0, 0.1) is 5.92 Å². The van der Waals surface area contributed by atoms with Crippen molar-refractivity contribution in [2.45, 2.75) is 25.8 Å². The van der Waals surface area contributed by atoms with Crippen LogP contribution in [0.4, 0.5) is 0 Å². The number of carbonyl (C=O) groups excluding carboxylic acids is 1. The SMILES string of the molecule is CN(CC(=O)N(C)C)C[C@@H]1CCN(C)C1(C)C. The fourth-order valence-electron chi connectivity index (χ4n) is 2.43. The highest BCUT2D eigenvalue weighted by molar-refractivity contribution is 5.77. The van der Waals surface area contributed by atoms with Gasteiger partial charge >= 0.3 is 0 Å². The number of rotatable bonds is 4. The molecule has 1 rings (SSSR count). The van der Waals surface area contributed by atoms with Crippen molar-refractivity contribution in [3.8, 4) is 0 Å². The van der Waals surface area contributed by atoms with Crippen molar-refractivity contribution in [3.05, 3.63) is 0 Å². The fourth-order valence-corrected chi connectivity index (χ4v) is 2.43. The molecule has 1 aliphatic heterocycles. The highest BCUT2D eigenvalue weighted by Crippen LogP contribution is 2.33. The van der Waals surface area contributed by atoms with Gasteiger partial charge in [-0.15, -0.1) is 0 Å². The molecule has 0 radical (unpaired) electrons. The summed E-state index contributed by atoms with van der Waals surface area (Å²) in [6.07, 6.45) is 1.23. The number of hydrogen-bond donors (Lipinski definition) is 0. The molecule has 1 aliphatic rings. The summed E-state index contributed by atoms with van der Waals surface area (Å²) in [4.78, 5) is 17.8. The molecule has 1 amide bonds. The Kier molecular flexibility index (Phi) is 4.55. The summed E-state index contributed by atoms with van der Waals surface area (Å²) in [6, 6.07) is 0. The van der Waals surface area contributed by atoms with Gasteiger partial charge in [0, 0.05) is 26.2 Å². The maximum absolute atomic E-state index is 11.6. The minimum atomic E-state index is 0.177. The number of carbonyl (C=O) groups is 1. The van der Waals surface area contributed by atoms with Gasteiger partial charge in [0.2, 0.25) is 5.91 Å². The zero-order chi connectivity index (χ0) is 13.2. The molecule has 0 aliphatic carbocycles. The Morgan fingerprint density at radius 1 is 1.35 bits per heavy atom. The Morgan fingerprint density at radius 3 is 2.35 bits per heavy atom. The van der Waals surface area contributed by atoms with Crippen LogP contribution in [-0.4, -0.2) is 74.0 Å². The third-order valence-corrected chi connectivity index (χ3v) is 4.23. The molecule has 0 aromatic heterocycles. The maximum atomic E-state index is 11.6. The zero-order valence-electron chi connectivity index (χ0n) is 12.2. The van der Waals surface area contributed by atoms with Crippen molar-refractivity contribution in [2.75, 3.05) is 47.8 Å². The Labute approximate surface area is 106 Å². The summed E-state index contributed by atoms with van der Waals surface area (Å²) < 4.78 is 0. The first kappa shape index (κ1) is 14.5. The average Bonchev–Trinajstić information content (AvgIpc) is 2.44. The second-order valence-electron chi connectivity index (χ2n) is 6.05. The Morgan fingerprint density at radius 2 is 1.94 bits per heavy atom. The van der Waals surface area contributed by atoms with Crippen molar-refractivity contribution >= 4 is 5.91 Å². The maximum Gasteiger partial charge on any atom is 0.236 e. The fraction of sp³-hybridized carbons (Fsp3) is 0.923. The molecule has 0 spiro atoms. The molecule has 0 saturated carbocycles. The molecule has 17 heavy (non-hydrogen) atoms. The van der Waals surface area contributed by atoms with Gasteiger partial charge in [-0.1, -0.05) is 0 Å². The first-order chi connectivity index (χ1) is 7.75. The zero-order valence-corrected chi connectivity index (χ0v) is 12.2. The number of hydrogen-bond acceptors (Lipinski definition) is 3. The number of likely N-dealkylation sites (N-methyl/N-ethyl adjacent to an activating group) is 2. The van der Waals surface area contributed by atoms with E-state index in [1.54, 1.807) is 4.90 Å². The molecular formula is C13H27N3O. The summed E-state index contributed by atoms with van der Waals surface area (Å²) in [5.41, 5.74) is 0.245. The van der Waals surface area contributed by atoms with E-state index in [1.165, 1.54) is 6.42 Å². The van der Waals surface area contributed by atoms with E-state index in [0.29, 0.717) is 12.5 Å². The van der Waals surface area contributed by atoms with Crippen LogP contribution in [0.1, 0.15) is 20.3 Å². The van der Waals surface area contributed by atoms with Crippen LogP contribution in [0.25, 0.3) is 0 Å². The predicted octanol–water partition coefficient (Wildman–Crippen LogP) is 0.737. The predicted molar refractivity (Wildman–Crippen MR) is 71.0 cm³/mol. The monoisotopic (exact) mass is 241 g/mol. The van der Waals surface area contributed by atoms with E-state index in [1.807, 2.05) is 21.1 Å². The lowest BCUT2D eigenvalue weighted by molar-refractivity contribution is -0.129. The molecule has 1 heterocycles. The highest BCUT2D eigenvalue weighted by Gasteiger charge is 2.39. The van der Waals surface area contributed by atoms with Gasteiger partial charge in [-0.25, -0.2) is 0 Å². The molecule has 0 aromatic rings. The van der Waals surface area contributed by atoms with Gasteiger partial charge in [0.15, 0.2) is 0 Å². The third kappa shape index (κ3) is 3.42. The molecule has 0 aromatic carbocycles. The largest absolute Gasteiger partial charge is 0.348 e. The van der Waals surface area contributed by atoms with Crippen molar-refractivity contribution in [1.82, 2.24) is 14.7 Å². The molecule has 100 valence electrons.